The van der Waals surface area contributed by atoms with Crippen molar-refractivity contribution in [2.75, 3.05) is 13.1 Å². The maximum absolute atomic E-state index is 11.1. The van der Waals surface area contributed by atoms with E-state index in [9.17, 15) is 9.59 Å². The predicted octanol–water partition coefficient (Wildman–Crippen LogP) is 0.429. The molecule has 4 heteroatoms. The molecular formula is C11H12NO3. The minimum Gasteiger partial charge on any atom is -0.460 e. The second-order valence-corrected chi connectivity index (χ2v) is 2.89. The highest BCUT2D eigenvalue weighted by Crippen LogP contribution is 2.00. The van der Waals surface area contributed by atoms with E-state index in [4.69, 9.17) is 4.74 Å². The Morgan fingerprint density at radius 1 is 1.33 bits per heavy atom. The second-order valence-electron chi connectivity index (χ2n) is 2.89. The van der Waals surface area contributed by atoms with Crippen LogP contribution < -0.4 is 5.32 Å². The highest BCUT2D eigenvalue weighted by atomic mass is 16.5. The summed E-state index contributed by atoms with van der Waals surface area (Å²) in [6.07, 6.45) is 1.63. The molecule has 4 nitrogen and oxygen atoms in total. The van der Waals surface area contributed by atoms with Gasteiger partial charge in [-0.1, -0.05) is 30.3 Å². The van der Waals surface area contributed by atoms with Crippen LogP contribution in [0, 0.1) is 0 Å². The number of ether oxygens (including phenoxy) is 1. The lowest BCUT2D eigenvalue weighted by Crippen LogP contribution is -2.26. The molecule has 1 rings (SSSR count). The van der Waals surface area contributed by atoms with E-state index in [2.05, 4.69) is 5.32 Å². The summed E-state index contributed by atoms with van der Waals surface area (Å²) in [7, 11) is 0. The van der Waals surface area contributed by atoms with Crippen molar-refractivity contribution in [3.63, 3.8) is 0 Å². The maximum Gasteiger partial charge on any atom is 0.320 e. The number of hydrogen-bond acceptors (Lipinski definition) is 4. The highest BCUT2D eigenvalue weighted by molar-refractivity contribution is 5.72. The minimum absolute atomic E-state index is 0.0298. The topological polar surface area (TPSA) is 55.4 Å². The molecule has 0 saturated heterocycles. The lowest BCUT2D eigenvalue weighted by Gasteiger charge is -2.04. The van der Waals surface area contributed by atoms with Crippen LogP contribution >= 0.6 is 0 Å². The molecule has 0 heterocycles. The average molecular weight is 206 g/mol. The normalized spacial score (nSPS) is 9.60. The van der Waals surface area contributed by atoms with E-state index in [1.54, 1.807) is 6.29 Å². The predicted molar refractivity (Wildman–Crippen MR) is 54.8 cm³/mol. The summed E-state index contributed by atoms with van der Waals surface area (Å²) in [6.45, 7) is 0.328. The molecule has 79 valence electrons. The van der Waals surface area contributed by atoms with Crippen molar-refractivity contribution in [3.8, 4) is 0 Å². The van der Waals surface area contributed by atoms with Crippen LogP contribution in [0.15, 0.2) is 30.3 Å². The van der Waals surface area contributed by atoms with Gasteiger partial charge in [-0.05, 0) is 5.56 Å². The zero-order valence-corrected chi connectivity index (χ0v) is 8.23. The van der Waals surface area contributed by atoms with Gasteiger partial charge < -0.3 is 4.74 Å². The third-order valence-electron chi connectivity index (χ3n) is 1.71. The van der Waals surface area contributed by atoms with Gasteiger partial charge in [-0.25, -0.2) is 0 Å². The van der Waals surface area contributed by atoms with Crippen LogP contribution in [0.4, 0.5) is 0 Å². The van der Waals surface area contributed by atoms with Crippen LogP contribution in [0.2, 0.25) is 0 Å². The van der Waals surface area contributed by atoms with E-state index in [1.807, 2.05) is 30.3 Å². The molecule has 0 atom stereocenters. The first-order chi connectivity index (χ1) is 7.33. The Bertz CT molecular complexity index is 311. The maximum atomic E-state index is 11.1. The molecule has 1 aromatic rings. The van der Waals surface area contributed by atoms with Crippen LogP contribution in [0.3, 0.4) is 0 Å². The van der Waals surface area contributed by atoms with E-state index >= 15 is 0 Å². The fraction of sp³-hybridized carbons (Fsp3) is 0.273. The Morgan fingerprint density at radius 2 is 2.07 bits per heavy atom. The Morgan fingerprint density at radius 3 is 2.73 bits per heavy atom. The third kappa shape index (κ3) is 4.93. The number of nitrogens with one attached hydrogen (secondary N) is 1. The zero-order valence-electron chi connectivity index (χ0n) is 8.23. The molecule has 0 aliphatic carbocycles. The van der Waals surface area contributed by atoms with Gasteiger partial charge in [0.1, 0.15) is 6.61 Å². The van der Waals surface area contributed by atoms with Crippen LogP contribution in [0.1, 0.15) is 5.56 Å². The number of hydrogen-bond donors (Lipinski definition) is 1. The summed E-state index contributed by atoms with van der Waals surface area (Å²) < 4.78 is 4.94. The van der Waals surface area contributed by atoms with Gasteiger partial charge in [-0.2, -0.15) is 0 Å². The van der Waals surface area contributed by atoms with Gasteiger partial charge in [0.15, 0.2) is 0 Å². The molecule has 0 amide bonds. The van der Waals surface area contributed by atoms with Gasteiger partial charge in [0.2, 0.25) is 6.29 Å². The van der Waals surface area contributed by atoms with E-state index in [-0.39, 0.29) is 25.7 Å². The number of carbonyl (C=O) groups is 1. The second kappa shape index (κ2) is 6.73. The standard InChI is InChI=1S/C11H12NO3/c13-7-6-12-8-11(14)15-9-10-4-2-1-3-5-10/h1-5,12H,6,8-9H2. The minimum atomic E-state index is -0.380. The lowest BCUT2D eigenvalue weighted by molar-refractivity contribution is -0.143. The van der Waals surface area contributed by atoms with Crippen LogP contribution in [-0.4, -0.2) is 25.3 Å². The van der Waals surface area contributed by atoms with Crippen molar-refractivity contribution in [2.45, 2.75) is 6.61 Å². The number of carbonyl (C=O) groups excluding carboxylic acids is 2. The Balaban J connectivity index is 2.20. The number of rotatable bonds is 6. The van der Waals surface area contributed by atoms with Crippen molar-refractivity contribution in [2.24, 2.45) is 0 Å². The molecule has 0 spiro atoms. The Labute approximate surface area is 88.2 Å². The van der Waals surface area contributed by atoms with Crippen molar-refractivity contribution >= 4 is 12.3 Å². The summed E-state index contributed by atoms with van der Waals surface area (Å²) in [5.74, 6) is -0.380. The summed E-state index contributed by atoms with van der Waals surface area (Å²) in [5.41, 5.74) is 0.938. The molecule has 0 aromatic heterocycles. The van der Waals surface area contributed by atoms with Gasteiger partial charge in [0.05, 0.1) is 13.1 Å². The monoisotopic (exact) mass is 206 g/mol. The van der Waals surface area contributed by atoms with E-state index in [0.29, 0.717) is 0 Å². The van der Waals surface area contributed by atoms with Crippen LogP contribution in [0.25, 0.3) is 0 Å². The Hall–Kier alpha value is -1.68. The first kappa shape index (κ1) is 11.4. The quantitative estimate of drug-likeness (QED) is 0.541. The molecule has 0 saturated carbocycles. The summed E-state index contributed by atoms with van der Waals surface area (Å²) in [6, 6.07) is 9.40. The van der Waals surface area contributed by atoms with Crippen molar-refractivity contribution in [1.82, 2.24) is 5.32 Å². The molecular weight excluding hydrogens is 194 g/mol. The van der Waals surface area contributed by atoms with E-state index in [1.165, 1.54) is 0 Å². The molecule has 0 unspecified atom stereocenters. The highest BCUT2D eigenvalue weighted by Gasteiger charge is 2.01. The Kier molecular flexibility index (Phi) is 5.11. The molecule has 0 aliphatic rings. The fourth-order valence-corrected chi connectivity index (χ4v) is 1.00. The van der Waals surface area contributed by atoms with Gasteiger partial charge in [0.25, 0.3) is 0 Å². The van der Waals surface area contributed by atoms with Gasteiger partial charge in [0, 0.05) is 0 Å². The SMILES string of the molecule is O=[C]CNCC(=O)OCc1ccccc1. The van der Waals surface area contributed by atoms with Gasteiger partial charge >= 0.3 is 5.97 Å². The van der Waals surface area contributed by atoms with E-state index < -0.39 is 0 Å². The number of benzene rings is 1. The summed E-state index contributed by atoms with van der Waals surface area (Å²) >= 11 is 0. The first-order valence-electron chi connectivity index (χ1n) is 4.58. The molecule has 0 fully saturated rings. The van der Waals surface area contributed by atoms with Crippen LogP contribution in [0.5, 0.6) is 0 Å². The van der Waals surface area contributed by atoms with E-state index in [0.717, 1.165) is 5.56 Å². The first-order valence-corrected chi connectivity index (χ1v) is 4.58. The van der Waals surface area contributed by atoms with Crippen molar-refractivity contribution < 1.29 is 14.3 Å². The molecule has 0 bridgehead atoms. The molecule has 1 N–H and O–H groups in total. The molecule has 0 aliphatic heterocycles. The molecule has 15 heavy (non-hydrogen) atoms. The van der Waals surface area contributed by atoms with Gasteiger partial charge in [-0.3, -0.25) is 14.9 Å². The third-order valence-corrected chi connectivity index (χ3v) is 1.71. The largest absolute Gasteiger partial charge is 0.460 e. The molecule has 1 radical (unpaired) electrons. The summed E-state index contributed by atoms with van der Waals surface area (Å²) in [5, 5.41) is 2.57. The fourth-order valence-electron chi connectivity index (χ4n) is 1.00. The average Bonchev–Trinajstić information content (AvgIpc) is 2.28. The smallest absolute Gasteiger partial charge is 0.320 e. The number of esters is 1. The van der Waals surface area contributed by atoms with Crippen molar-refractivity contribution in [1.29, 1.82) is 0 Å². The van der Waals surface area contributed by atoms with Gasteiger partial charge in [-0.15, -0.1) is 0 Å². The zero-order chi connectivity index (χ0) is 10.9. The molecule has 1 aromatic carbocycles. The van der Waals surface area contributed by atoms with Crippen LogP contribution in [-0.2, 0) is 20.9 Å². The summed E-state index contributed by atoms with van der Waals surface area (Å²) in [4.78, 5) is 20.9. The lowest BCUT2D eigenvalue weighted by atomic mass is 10.2. The van der Waals surface area contributed by atoms with Crippen molar-refractivity contribution in [3.05, 3.63) is 35.9 Å².